The van der Waals surface area contributed by atoms with Gasteiger partial charge in [0.05, 0.1) is 10.7 Å². The molecule has 0 bridgehead atoms. The number of carbonyl (C=O) groups is 1. The van der Waals surface area contributed by atoms with Gasteiger partial charge in [-0.1, -0.05) is 24.8 Å². The highest BCUT2D eigenvalue weighted by Gasteiger charge is 2.16. The molecule has 0 unspecified atom stereocenters. The molecule has 0 radical (unpaired) electrons. The van der Waals surface area contributed by atoms with Crippen molar-refractivity contribution >= 4 is 27.5 Å². The molecule has 114 valence electrons. The van der Waals surface area contributed by atoms with E-state index in [1.807, 2.05) is 0 Å². The maximum absolute atomic E-state index is 12.2. The standard InChI is InChI=1S/C15H19NO4S/c1-5-11(6-2)21(19,20)9-10(4)12-8-14(15(17)18)16-13(12)7-3/h5-8,16H,1,9H2,2-4H3,(H,17,18)/b11-6+,12-10+,13-7+. The van der Waals surface area contributed by atoms with Crippen LogP contribution < -0.4 is 10.6 Å². The van der Waals surface area contributed by atoms with Crippen LogP contribution in [-0.2, 0) is 9.84 Å². The fraction of sp³-hybridized carbons (Fsp3) is 0.267. The smallest absolute Gasteiger partial charge is 0.352 e. The number of nitrogens with one attached hydrogen (secondary N) is 1. The number of carboxylic acids is 1. The van der Waals surface area contributed by atoms with Gasteiger partial charge in [0.2, 0.25) is 0 Å². The molecule has 0 spiro atoms. The van der Waals surface area contributed by atoms with Crippen molar-refractivity contribution in [2.75, 3.05) is 5.75 Å². The molecule has 0 aromatic carbocycles. The molecule has 0 amide bonds. The summed E-state index contributed by atoms with van der Waals surface area (Å²) >= 11 is 0. The number of rotatable bonds is 5. The van der Waals surface area contributed by atoms with Crippen LogP contribution in [0.15, 0.2) is 29.7 Å². The van der Waals surface area contributed by atoms with Gasteiger partial charge in [-0.05, 0) is 37.6 Å². The molecule has 2 N–H and O–H groups in total. The number of aromatic amines is 1. The highest BCUT2D eigenvalue weighted by Crippen LogP contribution is 2.12. The van der Waals surface area contributed by atoms with Crippen LogP contribution in [0.1, 0.15) is 31.3 Å². The molecule has 0 saturated heterocycles. The van der Waals surface area contributed by atoms with Crippen molar-refractivity contribution in [3.05, 3.63) is 46.0 Å². The van der Waals surface area contributed by atoms with Crippen molar-refractivity contribution in [1.82, 2.24) is 4.98 Å². The van der Waals surface area contributed by atoms with Gasteiger partial charge in [0.15, 0.2) is 9.84 Å². The molecular formula is C15H19NO4S. The summed E-state index contributed by atoms with van der Waals surface area (Å²) in [5, 5.41) is 10.2. The largest absolute Gasteiger partial charge is 0.477 e. The summed E-state index contributed by atoms with van der Waals surface area (Å²) in [6, 6.07) is 1.45. The van der Waals surface area contributed by atoms with Gasteiger partial charge in [0.1, 0.15) is 5.69 Å². The summed E-state index contributed by atoms with van der Waals surface area (Å²) < 4.78 is 24.4. The van der Waals surface area contributed by atoms with Crippen LogP contribution in [-0.4, -0.2) is 30.2 Å². The third-order valence-electron chi connectivity index (χ3n) is 3.08. The van der Waals surface area contributed by atoms with Crippen molar-refractivity contribution in [2.24, 2.45) is 0 Å². The van der Waals surface area contributed by atoms with E-state index in [9.17, 15) is 13.2 Å². The second-order valence-corrected chi connectivity index (χ2v) is 6.53. The average molecular weight is 309 g/mol. The first-order chi connectivity index (χ1) is 9.76. The van der Waals surface area contributed by atoms with E-state index in [1.54, 1.807) is 26.8 Å². The minimum absolute atomic E-state index is 0.0322. The molecule has 6 heteroatoms. The average Bonchev–Trinajstić information content (AvgIpc) is 2.83. The molecule has 0 fully saturated rings. The second-order valence-electron chi connectivity index (χ2n) is 4.54. The van der Waals surface area contributed by atoms with E-state index in [4.69, 9.17) is 5.11 Å². The lowest BCUT2D eigenvalue weighted by molar-refractivity contribution is 0.0691. The molecule has 0 aliphatic heterocycles. The number of carboxylic acid groups (broad SMARTS) is 1. The number of sulfone groups is 1. The van der Waals surface area contributed by atoms with Crippen LogP contribution in [0.5, 0.6) is 0 Å². The monoisotopic (exact) mass is 309 g/mol. The molecule has 0 atom stereocenters. The van der Waals surface area contributed by atoms with Gasteiger partial charge < -0.3 is 10.1 Å². The number of H-pyrrole nitrogens is 1. The van der Waals surface area contributed by atoms with Crippen molar-refractivity contribution in [2.45, 2.75) is 20.8 Å². The van der Waals surface area contributed by atoms with Crippen molar-refractivity contribution in [1.29, 1.82) is 0 Å². The summed E-state index contributed by atoms with van der Waals surface area (Å²) in [6.07, 6.45) is 4.50. The van der Waals surface area contributed by atoms with Gasteiger partial charge in [-0.3, -0.25) is 0 Å². The Morgan fingerprint density at radius 2 is 2.05 bits per heavy atom. The van der Waals surface area contributed by atoms with Gasteiger partial charge in [0.25, 0.3) is 0 Å². The number of hydrogen-bond donors (Lipinski definition) is 2. The maximum atomic E-state index is 12.2. The third kappa shape index (κ3) is 3.72. The summed E-state index contributed by atoms with van der Waals surface area (Å²) in [5.41, 5.74) is 0.609. The molecule has 21 heavy (non-hydrogen) atoms. The Labute approximate surface area is 123 Å². The summed E-state index contributed by atoms with van der Waals surface area (Å²) in [4.78, 5) is 13.9. The minimum Gasteiger partial charge on any atom is -0.477 e. The van der Waals surface area contributed by atoms with E-state index in [-0.39, 0.29) is 16.4 Å². The lowest BCUT2D eigenvalue weighted by atomic mass is 10.2. The highest BCUT2D eigenvalue weighted by atomic mass is 32.2. The van der Waals surface area contributed by atoms with Gasteiger partial charge in [0, 0.05) is 5.35 Å². The van der Waals surface area contributed by atoms with Crippen LogP contribution in [0.25, 0.3) is 11.6 Å². The third-order valence-corrected chi connectivity index (χ3v) is 5.01. The lowest BCUT2D eigenvalue weighted by Gasteiger charge is -2.04. The SMILES string of the molecule is C=C/C(=C\C)S(=O)(=O)C/C(C)=c1\cc(C(=O)O)[nH]\c1=C\C. The topological polar surface area (TPSA) is 87.2 Å². The Kier molecular flexibility index (Phi) is 5.32. The van der Waals surface area contributed by atoms with Crippen molar-refractivity contribution in [3.63, 3.8) is 0 Å². The zero-order valence-electron chi connectivity index (χ0n) is 12.3. The molecule has 0 aliphatic rings. The Morgan fingerprint density at radius 3 is 2.48 bits per heavy atom. The summed E-state index contributed by atoms with van der Waals surface area (Å²) in [6.45, 7) is 8.56. The van der Waals surface area contributed by atoms with Crippen molar-refractivity contribution in [3.8, 4) is 0 Å². The van der Waals surface area contributed by atoms with Crippen LogP contribution in [0.4, 0.5) is 0 Å². The molecule has 0 saturated carbocycles. The van der Waals surface area contributed by atoms with Gasteiger partial charge in [-0.15, -0.1) is 0 Å². The fourth-order valence-corrected chi connectivity index (χ4v) is 3.54. The molecule has 1 rings (SSSR count). The molecule has 1 heterocycles. The lowest BCUT2D eigenvalue weighted by Crippen LogP contribution is -2.26. The Morgan fingerprint density at radius 1 is 1.43 bits per heavy atom. The molecule has 0 aliphatic carbocycles. The minimum atomic E-state index is -3.48. The number of aromatic carboxylic acids is 1. The predicted octanol–water partition coefficient (Wildman–Crippen LogP) is 1.19. The highest BCUT2D eigenvalue weighted by molar-refractivity contribution is 7.95. The van der Waals surface area contributed by atoms with Crippen LogP contribution in [0.3, 0.4) is 0 Å². The molecular weight excluding hydrogens is 290 g/mol. The van der Waals surface area contributed by atoms with Crippen LogP contribution in [0, 0.1) is 0 Å². The van der Waals surface area contributed by atoms with E-state index >= 15 is 0 Å². The van der Waals surface area contributed by atoms with E-state index in [2.05, 4.69) is 11.6 Å². The first-order valence-corrected chi connectivity index (χ1v) is 8.02. The maximum Gasteiger partial charge on any atom is 0.352 e. The predicted molar refractivity (Wildman–Crippen MR) is 84.0 cm³/mol. The number of aromatic nitrogens is 1. The zero-order valence-corrected chi connectivity index (χ0v) is 13.1. The van der Waals surface area contributed by atoms with Gasteiger partial charge in [-0.2, -0.15) is 0 Å². The summed E-state index contributed by atoms with van der Waals surface area (Å²) in [5.74, 6) is -1.27. The number of allylic oxidation sites excluding steroid dienone is 2. The second kappa shape index (κ2) is 6.58. The van der Waals surface area contributed by atoms with E-state index in [1.165, 1.54) is 18.2 Å². The molecule has 5 nitrogen and oxygen atoms in total. The molecule has 1 aromatic heterocycles. The first-order valence-electron chi connectivity index (χ1n) is 6.36. The van der Waals surface area contributed by atoms with E-state index < -0.39 is 15.8 Å². The Hall–Kier alpha value is -2.08. The van der Waals surface area contributed by atoms with Crippen LogP contribution >= 0.6 is 0 Å². The normalized spacial score (nSPS) is 15.0. The summed E-state index contributed by atoms with van der Waals surface area (Å²) in [7, 11) is -3.48. The van der Waals surface area contributed by atoms with Gasteiger partial charge in [-0.25, -0.2) is 13.2 Å². The quantitative estimate of drug-likeness (QED) is 0.800. The Bertz CT molecular complexity index is 810. The Balaban J connectivity index is 3.46. The number of hydrogen-bond acceptors (Lipinski definition) is 3. The fourth-order valence-electron chi connectivity index (χ4n) is 2.04. The van der Waals surface area contributed by atoms with Crippen molar-refractivity contribution < 1.29 is 18.3 Å². The first kappa shape index (κ1) is 17.0. The van der Waals surface area contributed by atoms with E-state index in [0.717, 1.165) is 0 Å². The van der Waals surface area contributed by atoms with Gasteiger partial charge >= 0.3 is 5.97 Å². The van der Waals surface area contributed by atoms with E-state index in [0.29, 0.717) is 16.1 Å². The zero-order chi connectivity index (χ0) is 16.2. The molecule has 1 aromatic rings. The van der Waals surface area contributed by atoms with Crippen LogP contribution in [0.2, 0.25) is 0 Å².